The highest BCUT2D eigenvalue weighted by molar-refractivity contribution is 9.10. The lowest BCUT2D eigenvalue weighted by atomic mass is 10.0. The van der Waals surface area contributed by atoms with Crippen molar-refractivity contribution < 1.29 is 0 Å². The Morgan fingerprint density at radius 1 is 1.00 bits per heavy atom. The highest BCUT2D eigenvalue weighted by atomic mass is 79.9. The molecule has 2 heterocycles. The highest BCUT2D eigenvalue weighted by Gasteiger charge is 2.09. The van der Waals surface area contributed by atoms with Crippen LogP contribution in [0.15, 0.2) is 76.3 Å². The number of aromatic amines is 1. The third-order valence-electron chi connectivity index (χ3n) is 5.10. The molecule has 4 rings (SSSR count). The maximum atomic E-state index is 11.5. The summed E-state index contributed by atoms with van der Waals surface area (Å²) < 4.78 is 1.10. The van der Waals surface area contributed by atoms with Gasteiger partial charge in [0.15, 0.2) is 0 Å². The van der Waals surface area contributed by atoms with E-state index in [1.54, 1.807) is 12.3 Å². The predicted molar refractivity (Wildman–Crippen MR) is 123 cm³/mol. The molecule has 0 bridgehead atoms. The van der Waals surface area contributed by atoms with E-state index in [1.807, 2.05) is 18.3 Å². The van der Waals surface area contributed by atoms with Gasteiger partial charge in [0.1, 0.15) is 5.82 Å². The molecule has 0 saturated carbocycles. The van der Waals surface area contributed by atoms with Gasteiger partial charge in [-0.1, -0.05) is 53.2 Å². The number of nitrogens with zero attached hydrogens (tertiary/aromatic N) is 1. The molecule has 2 aromatic carbocycles. The van der Waals surface area contributed by atoms with Gasteiger partial charge in [-0.2, -0.15) is 0 Å². The van der Waals surface area contributed by atoms with Crippen molar-refractivity contribution in [2.45, 2.75) is 26.2 Å². The highest BCUT2D eigenvalue weighted by Crippen LogP contribution is 2.29. The van der Waals surface area contributed by atoms with E-state index < -0.39 is 0 Å². The van der Waals surface area contributed by atoms with Gasteiger partial charge in [-0.05, 0) is 59.5 Å². The largest absolute Gasteiger partial charge is 0.340 e. The second kappa shape index (κ2) is 8.62. The van der Waals surface area contributed by atoms with Gasteiger partial charge >= 0.3 is 0 Å². The van der Waals surface area contributed by atoms with Gasteiger partial charge < -0.3 is 10.3 Å². The number of pyridine rings is 2. The van der Waals surface area contributed by atoms with Crippen molar-refractivity contribution in [1.29, 1.82) is 0 Å². The lowest BCUT2D eigenvalue weighted by Gasteiger charge is -2.13. The van der Waals surface area contributed by atoms with Gasteiger partial charge in [0.2, 0.25) is 5.56 Å². The summed E-state index contributed by atoms with van der Waals surface area (Å²) in [6.07, 6.45) is 6.25. The Morgan fingerprint density at radius 2 is 1.83 bits per heavy atom. The van der Waals surface area contributed by atoms with E-state index in [-0.39, 0.29) is 5.56 Å². The third-order valence-corrected chi connectivity index (χ3v) is 5.84. The molecule has 4 aromatic rings. The quantitative estimate of drug-likeness (QED) is 0.393. The lowest BCUT2D eigenvalue weighted by Crippen LogP contribution is -2.05. The van der Waals surface area contributed by atoms with Crippen molar-refractivity contribution in [2.24, 2.45) is 0 Å². The first-order chi connectivity index (χ1) is 14.1. The molecular weight excluding hydrogens is 426 g/mol. The maximum absolute atomic E-state index is 11.5. The molecule has 2 N–H and O–H groups in total. The molecule has 0 aliphatic heterocycles. The van der Waals surface area contributed by atoms with Crippen LogP contribution in [0.2, 0.25) is 0 Å². The molecule has 0 atom stereocenters. The van der Waals surface area contributed by atoms with E-state index in [4.69, 9.17) is 4.98 Å². The van der Waals surface area contributed by atoms with Crippen LogP contribution < -0.4 is 10.9 Å². The summed E-state index contributed by atoms with van der Waals surface area (Å²) in [5.74, 6) is 0.844. The number of fused-ring (bicyclic) bond motifs is 1. The second-order valence-corrected chi connectivity index (χ2v) is 7.88. The van der Waals surface area contributed by atoms with Crippen molar-refractivity contribution in [3.05, 3.63) is 98.5 Å². The monoisotopic (exact) mass is 447 g/mol. The first-order valence-electron chi connectivity index (χ1n) is 9.73. The van der Waals surface area contributed by atoms with Crippen LogP contribution in [-0.2, 0) is 19.3 Å². The summed E-state index contributed by atoms with van der Waals surface area (Å²) in [5.41, 5.74) is 4.42. The van der Waals surface area contributed by atoms with Crippen LogP contribution in [0.1, 0.15) is 23.6 Å². The molecule has 0 fully saturated rings. The van der Waals surface area contributed by atoms with Crippen molar-refractivity contribution >= 4 is 38.2 Å². The summed E-state index contributed by atoms with van der Waals surface area (Å²) in [5, 5.41) is 5.73. The normalized spacial score (nSPS) is 11.0. The third kappa shape index (κ3) is 4.40. The summed E-state index contributed by atoms with van der Waals surface area (Å²) in [7, 11) is 0. The molecule has 0 saturated heterocycles. The number of anilines is 2. The van der Waals surface area contributed by atoms with Crippen LogP contribution in [0, 0.1) is 0 Å². The zero-order valence-corrected chi connectivity index (χ0v) is 17.8. The SMILES string of the molecule is CCc1ccc(Nc2ncc(CCc3cc[nH]c(=O)c3)c3ccccc23)cc1Br. The molecule has 0 spiro atoms. The average molecular weight is 448 g/mol. The van der Waals surface area contributed by atoms with Gasteiger partial charge in [0.25, 0.3) is 0 Å². The Kier molecular flexibility index (Phi) is 5.76. The van der Waals surface area contributed by atoms with Gasteiger partial charge in [-0.25, -0.2) is 4.98 Å². The van der Waals surface area contributed by atoms with Crippen LogP contribution in [0.5, 0.6) is 0 Å². The number of H-pyrrole nitrogens is 1. The Hall–Kier alpha value is -2.92. The van der Waals surface area contributed by atoms with Gasteiger partial charge in [-0.3, -0.25) is 4.79 Å². The minimum Gasteiger partial charge on any atom is -0.340 e. The van der Waals surface area contributed by atoms with E-state index in [0.29, 0.717) is 0 Å². The fourth-order valence-corrected chi connectivity index (χ4v) is 4.18. The molecule has 0 unspecified atom stereocenters. The van der Waals surface area contributed by atoms with Crippen LogP contribution in [0.4, 0.5) is 11.5 Å². The van der Waals surface area contributed by atoms with E-state index in [1.165, 1.54) is 16.5 Å². The Balaban J connectivity index is 1.63. The molecule has 5 heteroatoms. The molecule has 0 amide bonds. The number of aryl methyl sites for hydroxylation is 3. The van der Waals surface area contributed by atoms with E-state index in [9.17, 15) is 4.79 Å². The van der Waals surface area contributed by atoms with E-state index in [2.05, 4.69) is 69.6 Å². The van der Waals surface area contributed by atoms with Crippen LogP contribution in [0.25, 0.3) is 10.8 Å². The number of hydrogen-bond acceptors (Lipinski definition) is 3. The molecule has 0 aliphatic carbocycles. The minimum atomic E-state index is -0.0646. The predicted octanol–water partition coefficient (Wildman–Crippen LogP) is 5.78. The smallest absolute Gasteiger partial charge is 0.248 e. The van der Waals surface area contributed by atoms with Gasteiger partial charge in [0, 0.05) is 34.0 Å². The number of aromatic nitrogens is 2. The molecule has 146 valence electrons. The molecule has 0 aliphatic rings. The van der Waals surface area contributed by atoms with Crippen molar-refractivity contribution in [3.8, 4) is 0 Å². The molecule has 29 heavy (non-hydrogen) atoms. The van der Waals surface area contributed by atoms with Gasteiger partial charge in [-0.15, -0.1) is 0 Å². The zero-order valence-electron chi connectivity index (χ0n) is 16.2. The summed E-state index contributed by atoms with van der Waals surface area (Å²) >= 11 is 3.64. The number of hydrogen-bond donors (Lipinski definition) is 2. The van der Waals surface area contributed by atoms with E-state index in [0.717, 1.165) is 46.2 Å². The fourth-order valence-electron chi connectivity index (χ4n) is 3.52. The van der Waals surface area contributed by atoms with Crippen molar-refractivity contribution in [2.75, 3.05) is 5.32 Å². The standard InChI is InChI=1S/C24H22BrN3O/c1-2-17-9-10-19(14-22(17)25)28-24-21-6-4-3-5-20(21)18(15-27-24)8-7-16-11-12-26-23(29)13-16/h3-6,9-15H,2,7-8H2,1H3,(H,26,29)(H,27,28). The molecule has 0 radical (unpaired) electrons. The minimum absolute atomic E-state index is 0.0646. The van der Waals surface area contributed by atoms with Crippen molar-refractivity contribution in [3.63, 3.8) is 0 Å². The van der Waals surface area contributed by atoms with Crippen molar-refractivity contribution in [1.82, 2.24) is 9.97 Å². The molecular formula is C24H22BrN3O. The fraction of sp³-hybridized carbons (Fsp3) is 0.167. The topological polar surface area (TPSA) is 57.8 Å². The number of benzene rings is 2. The molecule has 4 nitrogen and oxygen atoms in total. The van der Waals surface area contributed by atoms with Crippen LogP contribution in [-0.4, -0.2) is 9.97 Å². The summed E-state index contributed by atoms with van der Waals surface area (Å²) in [6.45, 7) is 2.15. The lowest BCUT2D eigenvalue weighted by molar-refractivity contribution is 0.951. The Morgan fingerprint density at radius 3 is 2.59 bits per heavy atom. The van der Waals surface area contributed by atoms with E-state index >= 15 is 0 Å². The first kappa shape index (κ1) is 19.4. The Bertz CT molecular complexity index is 1220. The maximum Gasteiger partial charge on any atom is 0.248 e. The Labute approximate surface area is 178 Å². The second-order valence-electron chi connectivity index (χ2n) is 7.02. The molecule has 2 aromatic heterocycles. The zero-order chi connectivity index (χ0) is 20.2. The number of nitrogens with one attached hydrogen (secondary N) is 2. The number of halogens is 1. The van der Waals surface area contributed by atoms with Crippen LogP contribution >= 0.6 is 15.9 Å². The van der Waals surface area contributed by atoms with Gasteiger partial charge in [0.05, 0.1) is 0 Å². The summed E-state index contributed by atoms with van der Waals surface area (Å²) in [6, 6.07) is 18.2. The van der Waals surface area contributed by atoms with Crippen LogP contribution in [0.3, 0.4) is 0 Å². The number of rotatable bonds is 6. The average Bonchev–Trinajstić information content (AvgIpc) is 2.73. The summed E-state index contributed by atoms with van der Waals surface area (Å²) in [4.78, 5) is 18.9. The first-order valence-corrected chi connectivity index (χ1v) is 10.5.